The Bertz CT molecular complexity index is 723. The molecule has 1 aromatic heterocycles. The van der Waals surface area contributed by atoms with Crippen LogP contribution in [0, 0.1) is 0 Å². The Hall–Kier alpha value is -2.06. The maximum Gasteiger partial charge on any atom is 0.302 e. The Labute approximate surface area is 202 Å². The van der Waals surface area contributed by atoms with Crippen LogP contribution in [0.2, 0.25) is 0 Å². The number of piperidine rings is 1. The van der Waals surface area contributed by atoms with Crippen LogP contribution in [0.4, 0.5) is 0 Å². The minimum atomic E-state index is -0.227. The van der Waals surface area contributed by atoms with Gasteiger partial charge in [-0.2, -0.15) is 11.8 Å². The number of likely N-dealkylation sites (tertiary alicyclic amines) is 1. The maximum atomic E-state index is 11.9. The van der Waals surface area contributed by atoms with Gasteiger partial charge in [0, 0.05) is 44.5 Å². The van der Waals surface area contributed by atoms with E-state index in [-0.39, 0.29) is 11.9 Å². The molecule has 0 unspecified atom stereocenters. The minimum Gasteiger partial charge on any atom is -0.473 e. The van der Waals surface area contributed by atoms with E-state index in [1.807, 2.05) is 18.2 Å². The Kier molecular flexibility index (Phi) is 14.4. The minimum absolute atomic E-state index is 0.0789. The number of aromatic nitrogens is 1. The van der Waals surface area contributed by atoms with Gasteiger partial charge < -0.3 is 14.8 Å². The number of nitrogens with zero attached hydrogens (tertiary/aromatic N) is 2. The van der Waals surface area contributed by atoms with Gasteiger partial charge in [0.25, 0.3) is 0 Å². The molecule has 33 heavy (non-hydrogen) atoms. The molecule has 1 aliphatic heterocycles. The summed E-state index contributed by atoms with van der Waals surface area (Å²) in [6, 6.07) is 4.07. The number of amides is 1. The molecule has 0 saturated carbocycles. The molecule has 0 radical (unpaired) electrons. The second-order valence-corrected chi connectivity index (χ2v) is 9.41. The van der Waals surface area contributed by atoms with Crippen LogP contribution in [-0.2, 0) is 20.9 Å². The van der Waals surface area contributed by atoms with Crippen molar-refractivity contribution in [1.82, 2.24) is 15.2 Å². The van der Waals surface area contributed by atoms with Gasteiger partial charge in [0.15, 0.2) is 0 Å². The first-order chi connectivity index (χ1) is 16.1. The summed E-state index contributed by atoms with van der Waals surface area (Å²) in [4.78, 5) is 29.3. The number of esters is 1. The molecule has 1 saturated heterocycles. The molecule has 2 rings (SSSR count). The normalized spacial score (nSPS) is 14.3. The van der Waals surface area contributed by atoms with E-state index in [9.17, 15) is 9.59 Å². The molecule has 0 aromatic carbocycles. The zero-order valence-corrected chi connectivity index (χ0v) is 20.7. The zero-order valence-electron chi connectivity index (χ0n) is 19.9. The quantitative estimate of drug-likeness (QED) is 0.219. The van der Waals surface area contributed by atoms with Crippen molar-refractivity contribution >= 4 is 23.6 Å². The van der Waals surface area contributed by atoms with Crippen LogP contribution < -0.4 is 10.1 Å². The molecule has 0 atom stereocenters. The summed E-state index contributed by atoms with van der Waals surface area (Å²) < 4.78 is 10.6. The van der Waals surface area contributed by atoms with Gasteiger partial charge in [-0.3, -0.25) is 14.5 Å². The topological polar surface area (TPSA) is 80.8 Å². The number of unbranched alkanes of at least 4 members (excludes halogenated alkanes) is 2. The molecule has 0 aliphatic carbocycles. The van der Waals surface area contributed by atoms with E-state index in [2.05, 4.69) is 21.3 Å². The smallest absolute Gasteiger partial charge is 0.302 e. The van der Waals surface area contributed by atoms with Crippen molar-refractivity contribution in [3.05, 3.63) is 36.0 Å². The van der Waals surface area contributed by atoms with Crippen molar-refractivity contribution in [2.75, 3.05) is 44.4 Å². The lowest BCUT2D eigenvalue weighted by atomic mass is 10.1. The Balaban J connectivity index is 1.46. The lowest BCUT2D eigenvalue weighted by molar-refractivity contribution is -0.140. The van der Waals surface area contributed by atoms with E-state index < -0.39 is 0 Å². The van der Waals surface area contributed by atoms with Gasteiger partial charge in [-0.25, -0.2) is 4.98 Å². The number of carbonyl (C=O) groups is 2. The molecule has 1 aliphatic rings. The number of thioether (sulfide) groups is 1. The molecule has 1 aromatic rings. The van der Waals surface area contributed by atoms with E-state index in [1.54, 1.807) is 18.0 Å². The van der Waals surface area contributed by atoms with Crippen LogP contribution in [0.15, 0.2) is 30.5 Å². The van der Waals surface area contributed by atoms with Gasteiger partial charge >= 0.3 is 5.97 Å². The van der Waals surface area contributed by atoms with Gasteiger partial charge in [-0.15, -0.1) is 0 Å². The molecule has 1 N–H and O–H groups in total. The summed E-state index contributed by atoms with van der Waals surface area (Å²) in [6.07, 6.45) is 13.1. The highest BCUT2D eigenvalue weighted by atomic mass is 32.2. The largest absolute Gasteiger partial charge is 0.473 e. The van der Waals surface area contributed by atoms with Crippen molar-refractivity contribution < 1.29 is 19.1 Å². The van der Waals surface area contributed by atoms with E-state index >= 15 is 0 Å². The van der Waals surface area contributed by atoms with E-state index in [0.717, 1.165) is 37.3 Å². The van der Waals surface area contributed by atoms with Crippen LogP contribution in [-0.4, -0.2) is 66.1 Å². The predicted molar refractivity (Wildman–Crippen MR) is 133 cm³/mol. The average Bonchev–Trinajstić information content (AvgIpc) is 2.81. The number of nitrogens with one attached hydrogen (secondary N) is 1. The van der Waals surface area contributed by atoms with Crippen LogP contribution in [0.25, 0.3) is 0 Å². The number of ether oxygens (including phenoxy) is 2. The van der Waals surface area contributed by atoms with Crippen molar-refractivity contribution in [1.29, 1.82) is 0 Å². The van der Waals surface area contributed by atoms with Gasteiger partial charge in [0.2, 0.25) is 11.8 Å². The maximum absolute atomic E-state index is 11.9. The van der Waals surface area contributed by atoms with Crippen LogP contribution >= 0.6 is 11.8 Å². The first kappa shape index (κ1) is 27.2. The van der Waals surface area contributed by atoms with E-state index in [4.69, 9.17) is 9.47 Å². The first-order valence-corrected chi connectivity index (χ1v) is 13.2. The first-order valence-electron chi connectivity index (χ1n) is 12.1. The predicted octanol–water partition coefficient (Wildman–Crippen LogP) is 3.98. The molecule has 0 bridgehead atoms. The standard InChI is InChI=1S/C25H39N3O4S/c1-22(29)31-17-19-33-18-9-2-4-10-24(30)26-12-5-8-16-32-25-20-23(11-13-27-25)21-28-14-6-3-7-15-28/h5,8,11,13,20H,2-4,6-7,9-10,12,14-19,21H2,1H3,(H,26,30). The SMILES string of the molecule is CC(=O)OCCSCCCCCC(=O)NCC=CCOc1cc(CN2CCCCC2)ccn1. The highest BCUT2D eigenvalue weighted by molar-refractivity contribution is 7.99. The summed E-state index contributed by atoms with van der Waals surface area (Å²) >= 11 is 1.78. The Morgan fingerprint density at radius 3 is 2.82 bits per heavy atom. The molecule has 8 heteroatoms. The summed E-state index contributed by atoms with van der Waals surface area (Å²) in [5, 5.41) is 2.91. The molecular weight excluding hydrogens is 438 g/mol. The number of rotatable bonds is 16. The fourth-order valence-electron chi connectivity index (χ4n) is 3.56. The van der Waals surface area contributed by atoms with E-state index in [0.29, 0.717) is 32.1 Å². The summed E-state index contributed by atoms with van der Waals surface area (Å²) in [7, 11) is 0. The summed E-state index contributed by atoms with van der Waals surface area (Å²) in [6.45, 7) is 6.14. The van der Waals surface area contributed by atoms with Crippen LogP contribution in [0.5, 0.6) is 5.88 Å². The molecule has 1 fully saturated rings. The third-order valence-electron chi connectivity index (χ3n) is 5.29. The van der Waals surface area contributed by atoms with Crippen molar-refractivity contribution in [3.63, 3.8) is 0 Å². The monoisotopic (exact) mass is 477 g/mol. The lowest BCUT2D eigenvalue weighted by Crippen LogP contribution is -2.29. The van der Waals surface area contributed by atoms with Gasteiger partial charge in [-0.1, -0.05) is 18.9 Å². The molecule has 184 valence electrons. The fourth-order valence-corrected chi connectivity index (χ4v) is 4.38. The zero-order chi connectivity index (χ0) is 23.6. The highest BCUT2D eigenvalue weighted by Gasteiger charge is 2.10. The Morgan fingerprint density at radius 1 is 1.15 bits per heavy atom. The van der Waals surface area contributed by atoms with Gasteiger partial charge in [0.1, 0.15) is 13.2 Å². The second-order valence-electron chi connectivity index (χ2n) is 8.19. The molecule has 0 spiro atoms. The summed E-state index contributed by atoms with van der Waals surface area (Å²) in [5.41, 5.74) is 1.23. The molecule has 7 nitrogen and oxygen atoms in total. The van der Waals surface area contributed by atoms with Gasteiger partial charge in [0.05, 0.1) is 0 Å². The lowest BCUT2D eigenvalue weighted by Gasteiger charge is -2.26. The molecule has 1 amide bonds. The van der Waals surface area contributed by atoms with Crippen molar-refractivity contribution in [2.45, 2.75) is 58.4 Å². The second kappa shape index (κ2) is 17.4. The highest BCUT2D eigenvalue weighted by Crippen LogP contribution is 2.15. The van der Waals surface area contributed by atoms with Crippen LogP contribution in [0.1, 0.15) is 57.4 Å². The number of pyridine rings is 1. The summed E-state index contributed by atoms with van der Waals surface area (Å²) in [5.74, 6) is 2.35. The van der Waals surface area contributed by atoms with Crippen LogP contribution in [0.3, 0.4) is 0 Å². The fraction of sp³-hybridized carbons (Fsp3) is 0.640. The third-order valence-corrected chi connectivity index (χ3v) is 6.32. The van der Waals surface area contributed by atoms with Crippen molar-refractivity contribution in [3.8, 4) is 5.88 Å². The number of carbonyl (C=O) groups excluding carboxylic acids is 2. The third kappa shape index (κ3) is 13.9. The number of hydrogen-bond donors (Lipinski definition) is 1. The van der Waals surface area contributed by atoms with Crippen molar-refractivity contribution in [2.24, 2.45) is 0 Å². The Morgan fingerprint density at radius 2 is 2.00 bits per heavy atom. The molecular formula is C25H39N3O4S. The van der Waals surface area contributed by atoms with Gasteiger partial charge in [-0.05, 0) is 62.2 Å². The molecule has 2 heterocycles. The van der Waals surface area contributed by atoms with E-state index in [1.165, 1.54) is 44.8 Å². The average molecular weight is 478 g/mol. The number of hydrogen-bond acceptors (Lipinski definition) is 7.